The minimum absolute atomic E-state index is 0.00904. The number of piperazine rings is 1. The van der Waals surface area contributed by atoms with Crippen molar-refractivity contribution in [3.8, 4) is 0 Å². The second-order valence-corrected chi connectivity index (χ2v) is 31.8. The number of ether oxygens (including phenoxy) is 6. The largest absolute Gasteiger partial charge is 0.466 e. The van der Waals surface area contributed by atoms with E-state index in [-0.39, 0.29) is 86.5 Å². The molecule has 0 aromatic carbocycles. The summed E-state index contributed by atoms with van der Waals surface area (Å²) in [6.45, 7) is 26.3. The number of nitrogens with zero attached hydrogens (tertiary/aromatic N) is 4. The molecule has 0 amide bonds. The monoisotopic (exact) mass is 1520 g/mol. The fourth-order valence-electron chi connectivity index (χ4n) is 14.4. The molecular weight excluding hydrogens is 1360 g/mol. The number of esters is 6. The Hall–Kier alpha value is -3.50. The van der Waals surface area contributed by atoms with Gasteiger partial charge in [-0.3, -0.25) is 48.4 Å². The third-order valence-corrected chi connectivity index (χ3v) is 21.9. The highest BCUT2D eigenvalue weighted by Gasteiger charge is 2.30. The summed E-state index contributed by atoms with van der Waals surface area (Å²) in [5.74, 6) is -0.581. The van der Waals surface area contributed by atoms with Crippen LogP contribution in [0.2, 0.25) is 0 Å². The summed E-state index contributed by atoms with van der Waals surface area (Å²) in [5, 5.41) is 44.8. The lowest BCUT2D eigenvalue weighted by molar-refractivity contribution is -0.150. The van der Waals surface area contributed by atoms with Crippen LogP contribution >= 0.6 is 0 Å². The summed E-state index contributed by atoms with van der Waals surface area (Å²) in [6, 6.07) is 0.357. The van der Waals surface area contributed by atoms with Crippen molar-refractivity contribution in [1.82, 2.24) is 19.6 Å². The quantitative estimate of drug-likeness (QED) is 0.0251. The fourth-order valence-corrected chi connectivity index (χ4v) is 14.4. The van der Waals surface area contributed by atoms with Crippen LogP contribution in [-0.4, -0.2) is 217 Å². The van der Waals surface area contributed by atoms with Gasteiger partial charge >= 0.3 is 35.8 Å². The minimum atomic E-state index is -0.729. The fraction of sp³-hybridized carbons (Fsp3) is 0.931. The molecule has 1 fully saturated rings. The van der Waals surface area contributed by atoms with Crippen molar-refractivity contribution in [2.24, 2.45) is 11.8 Å². The van der Waals surface area contributed by atoms with Crippen molar-refractivity contribution >= 4 is 35.8 Å². The molecule has 0 bridgehead atoms. The van der Waals surface area contributed by atoms with Gasteiger partial charge in [0.2, 0.25) is 0 Å². The van der Waals surface area contributed by atoms with Crippen LogP contribution in [0.15, 0.2) is 0 Å². The number of aliphatic hydroxyl groups excluding tert-OH is 4. The highest BCUT2D eigenvalue weighted by molar-refractivity contribution is 5.71. The van der Waals surface area contributed by atoms with Gasteiger partial charge in [-0.05, 0) is 142 Å². The highest BCUT2D eigenvalue weighted by atomic mass is 16.6. The number of rotatable bonds is 76. The Bertz CT molecular complexity index is 2060. The van der Waals surface area contributed by atoms with E-state index in [2.05, 4.69) is 77.0 Å². The molecular formula is C87H166N4O16. The third kappa shape index (κ3) is 59.9. The summed E-state index contributed by atoms with van der Waals surface area (Å²) in [5.41, 5.74) is 0. The van der Waals surface area contributed by atoms with Gasteiger partial charge in [-0.1, -0.05) is 215 Å². The number of carbonyl (C=O) groups excluding carboxylic acids is 6. The summed E-state index contributed by atoms with van der Waals surface area (Å²) >= 11 is 0. The summed E-state index contributed by atoms with van der Waals surface area (Å²) in [7, 11) is 0. The molecule has 0 aromatic heterocycles. The number of hydrogen-bond donors (Lipinski definition) is 4. The van der Waals surface area contributed by atoms with E-state index < -0.39 is 24.4 Å². The zero-order chi connectivity index (χ0) is 78.8. The van der Waals surface area contributed by atoms with Crippen LogP contribution in [0.4, 0.5) is 0 Å². The van der Waals surface area contributed by atoms with Crippen LogP contribution in [0.25, 0.3) is 0 Å². The predicted molar refractivity (Wildman–Crippen MR) is 432 cm³/mol. The molecule has 0 spiro atoms. The second-order valence-electron chi connectivity index (χ2n) is 31.8. The van der Waals surface area contributed by atoms with Gasteiger partial charge in [-0.15, -0.1) is 0 Å². The molecule has 630 valence electrons. The molecule has 0 aromatic rings. The Labute approximate surface area is 653 Å². The Morgan fingerprint density at radius 3 is 1.03 bits per heavy atom. The summed E-state index contributed by atoms with van der Waals surface area (Å²) in [4.78, 5) is 85.4. The van der Waals surface area contributed by atoms with E-state index in [0.717, 1.165) is 96.6 Å². The minimum Gasteiger partial charge on any atom is -0.466 e. The average Bonchev–Trinajstić information content (AvgIpc) is 0.845. The van der Waals surface area contributed by atoms with E-state index in [1.807, 2.05) is 4.90 Å². The molecule has 6 unspecified atom stereocenters. The van der Waals surface area contributed by atoms with Gasteiger partial charge in [0.15, 0.2) is 0 Å². The molecule has 0 aliphatic carbocycles. The van der Waals surface area contributed by atoms with Crippen LogP contribution < -0.4 is 0 Å². The smallest absolute Gasteiger partial charge is 0.306 e. The van der Waals surface area contributed by atoms with Crippen molar-refractivity contribution in [2.45, 2.75) is 413 Å². The number of aliphatic hydroxyl groups is 4. The SMILES string of the molecule is CCCCCCCCCCCOC(=O)CCCC(O)CN(CCCC(=O)OCCN1CC(C)N(CCOC(=O)CCCCN(CC(O)CCCCC(=O)OCC(CC)CC)CC(O)CCCCC(=O)OCC(CC)CC)CC1C)CC(O)CCCCCC(=O)OC(CCCCCCCC)CCCCCCCC. The van der Waals surface area contributed by atoms with Gasteiger partial charge in [0.05, 0.1) is 44.2 Å². The van der Waals surface area contributed by atoms with Crippen molar-refractivity contribution in [1.29, 1.82) is 0 Å². The summed E-state index contributed by atoms with van der Waals surface area (Å²) in [6.07, 6.45) is 39.1. The van der Waals surface area contributed by atoms with Crippen LogP contribution in [-0.2, 0) is 57.2 Å². The van der Waals surface area contributed by atoms with Crippen LogP contribution in [0.1, 0.15) is 371 Å². The van der Waals surface area contributed by atoms with E-state index >= 15 is 0 Å². The first-order chi connectivity index (χ1) is 51.8. The lowest BCUT2D eigenvalue weighted by Gasteiger charge is -2.44. The zero-order valence-corrected chi connectivity index (χ0v) is 70.2. The van der Waals surface area contributed by atoms with Gasteiger partial charge in [0.25, 0.3) is 0 Å². The Balaban J connectivity index is 2.72. The van der Waals surface area contributed by atoms with Crippen LogP contribution in [0.5, 0.6) is 0 Å². The van der Waals surface area contributed by atoms with E-state index in [9.17, 15) is 49.2 Å². The van der Waals surface area contributed by atoms with E-state index in [1.54, 1.807) is 0 Å². The lowest BCUT2D eigenvalue weighted by atomic mass is 10.0. The van der Waals surface area contributed by atoms with E-state index in [1.165, 1.54) is 103 Å². The second kappa shape index (κ2) is 70.4. The maximum atomic E-state index is 13.2. The first kappa shape index (κ1) is 102. The molecule has 4 N–H and O–H groups in total. The maximum Gasteiger partial charge on any atom is 0.306 e. The van der Waals surface area contributed by atoms with E-state index in [4.69, 9.17) is 28.4 Å². The number of hydrogen-bond acceptors (Lipinski definition) is 20. The molecule has 1 heterocycles. The molecule has 20 heteroatoms. The first-order valence-electron chi connectivity index (χ1n) is 44.4. The highest BCUT2D eigenvalue weighted by Crippen LogP contribution is 2.22. The first-order valence-corrected chi connectivity index (χ1v) is 44.4. The van der Waals surface area contributed by atoms with Gasteiger partial charge in [-0.25, -0.2) is 0 Å². The molecule has 1 saturated heterocycles. The molecule has 6 atom stereocenters. The Morgan fingerprint density at radius 1 is 0.327 bits per heavy atom. The lowest BCUT2D eigenvalue weighted by Crippen LogP contribution is -2.57. The molecule has 1 aliphatic heterocycles. The van der Waals surface area contributed by atoms with Crippen LogP contribution in [0, 0.1) is 11.8 Å². The molecule has 1 rings (SSSR count). The van der Waals surface area contributed by atoms with Gasteiger partial charge in [0, 0.05) is 103 Å². The molecule has 20 nitrogen and oxygen atoms in total. The Morgan fingerprint density at radius 2 is 0.617 bits per heavy atom. The maximum absolute atomic E-state index is 13.2. The van der Waals surface area contributed by atoms with E-state index in [0.29, 0.717) is 187 Å². The van der Waals surface area contributed by atoms with Gasteiger partial charge in [-0.2, -0.15) is 0 Å². The van der Waals surface area contributed by atoms with Crippen molar-refractivity contribution in [3.63, 3.8) is 0 Å². The van der Waals surface area contributed by atoms with Crippen molar-refractivity contribution in [3.05, 3.63) is 0 Å². The summed E-state index contributed by atoms with van der Waals surface area (Å²) < 4.78 is 34.1. The molecule has 0 radical (unpaired) electrons. The third-order valence-electron chi connectivity index (χ3n) is 21.9. The Kier molecular flexibility index (Phi) is 66.8. The van der Waals surface area contributed by atoms with Crippen LogP contribution in [0.3, 0.4) is 0 Å². The topological polar surface area (TPSA) is 252 Å². The van der Waals surface area contributed by atoms with Gasteiger partial charge in [0.1, 0.15) is 19.3 Å². The number of unbranched alkanes of at least 4 members (excludes halogenated alkanes) is 23. The molecule has 1 aliphatic rings. The average molecular weight is 1520 g/mol. The molecule has 107 heavy (non-hydrogen) atoms. The van der Waals surface area contributed by atoms with Gasteiger partial charge < -0.3 is 48.8 Å². The zero-order valence-electron chi connectivity index (χ0n) is 70.2. The predicted octanol–water partition coefficient (Wildman–Crippen LogP) is 17.2. The standard InChI is InChI=1S/C87H166N4O16/c1-10-17-20-23-26-27-28-31-43-62-102-83(97)56-44-49-80(95)70-89(69-77(92)46-33-32-36-55-87(101)107-81(50-34-29-24-21-18-11-2)51-35-30-25-22-19-12-3)59-45-57-84(98)104-64-61-91-66-73(8)90(65-74(91)9)60-63-103-82(96)54-41-42-58-88(67-78(93)47-37-39-52-85(99)105-71-75(13-4)14-5)68-79(94)48-38-40-53-86(100)106-72-76(15-6)16-7/h73-81,92-95H,10-72H2,1-9H3. The van der Waals surface area contributed by atoms with Crippen molar-refractivity contribution < 1.29 is 77.6 Å². The number of carbonyl (C=O) groups is 6. The molecule has 0 saturated carbocycles. The normalized spacial score (nSPS) is 15.5. The van der Waals surface area contributed by atoms with Crippen molar-refractivity contribution in [2.75, 3.05) is 98.5 Å².